The number of thiophene rings is 1. The fourth-order valence-corrected chi connectivity index (χ4v) is 5.22. The second-order valence-corrected chi connectivity index (χ2v) is 9.68. The highest BCUT2D eigenvalue weighted by molar-refractivity contribution is 7.10. The van der Waals surface area contributed by atoms with E-state index in [4.69, 9.17) is 9.47 Å². The van der Waals surface area contributed by atoms with Gasteiger partial charge in [-0.3, -0.25) is 14.6 Å². The summed E-state index contributed by atoms with van der Waals surface area (Å²) in [5.74, 6) is 0.760. The molecule has 35 heavy (non-hydrogen) atoms. The minimum absolute atomic E-state index is 0.123. The summed E-state index contributed by atoms with van der Waals surface area (Å²) in [5.41, 5.74) is 1.52. The molecule has 0 saturated heterocycles. The van der Waals surface area contributed by atoms with Crippen molar-refractivity contribution in [1.29, 1.82) is 0 Å². The summed E-state index contributed by atoms with van der Waals surface area (Å²) in [5, 5.41) is 5.16. The van der Waals surface area contributed by atoms with Crippen molar-refractivity contribution in [3.05, 3.63) is 76.2 Å². The summed E-state index contributed by atoms with van der Waals surface area (Å²) in [4.78, 5) is 34.3. The Hall–Kier alpha value is -3.39. The van der Waals surface area contributed by atoms with Crippen LogP contribution in [0.1, 0.15) is 47.7 Å². The number of pyridine rings is 1. The number of benzene rings is 1. The second kappa shape index (κ2) is 11.8. The van der Waals surface area contributed by atoms with Gasteiger partial charge in [-0.25, -0.2) is 0 Å². The molecule has 2 heterocycles. The summed E-state index contributed by atoms with van der Waals surface area (Å²) < 4.78 is 10.9. The van der Waals surface area contributed by atoms with E-state index in [9.17, 15) is 9.59 Å². The summed E-state index contributed by atoms with van der Waals surface area (Å²) in [6.07, 6.45) is 7.75. The summed E-state index contributed by atoms with van der Waals surface area (Å²) in [6, 6.07) is 12.3. The van der Waals surface area contributed by atoms with Gasteiger partial charge in [-0.15, -0.1) is 11.3 Å². The number of methoxy groups -OCH3 is 2. The molecule has 1 aliphatic rings. The molecule has 3 aromatic rings. The van der Waals surface area contributed by atoms with Crippen LogP contribution in [0.5, 0.6) is 11.5 Å². The molecule has 1 aliphatic carbocycles. The first-order valence-electron chi connectivity index (χ1n) is 11.8. The van der Waals surface area contributed by atoms with Crippen LogP contribution in [-0.4, -0.2) is 42.0 Å². The van der Waals surface area contributed by atoms with Gasteiger partial charge < -0.3 is 19.7 Å². The molecule has 1 atom stereocenters. The topological polar surface area (TPSA) is 80.8 Å². The molecule has 8 heteroatoms. The molecule has 4 rings (SSSR count). The molecular formula is C27H31N3O4S. The highest BCUT2D eigenvalue weighted by Crippen LogP contribution is 2.34. The number of nitrogens with zero attached hydrogens (tertiary/aromatic N) is 2. The lowest BCUT2D eigenvalue weighted by Crippen LogP contribution is -2.46. The van der Waals surface area contributed by atoms with Crippen molar-refractivity contribution >= 4 is 23.2 Å². The minimum atomic E-state index is -0.830. The Morgan fingerprint density at radius 3 is 2.57 bits per heavy atom. The smallest absolute Gasteiger partial charge is 0.247 e. The number of aromatic nitrogens is 1. The van der Waals surface area contributed by atoms with E-state index in [1.165, 1.54) is 11.3 Å². The van der Waals surface area contributed by atoms with Crippen LogP contribution >= 0.6 is 11.3 Å². The van der Waals surface area contributed by atoms with Crippen molar-refractivity contribution in [3.8, 4) is 11.5 Å². The van der Waals surface area contributed by atoms with Gasteiger partial charge in [0.25, 0.3) is 0 Å². The van der Waals surface area contributed by atoms with Crippen molar-refractivity contribution in [1.82, 2.24) is 15.2 Å². The average molecular weight is 494 g/mol. The summed E-state index contributed by atoms with van der Waals surface area (Å²) in [6.45, 7) is 0.259. The predicted octanol–water partition coefficient (Wildman–Crippen LogP) is 4.53. The molecule has 2 amide bonds. The number of carbonyl (C=O) groups is 2. The molecule has 1 N–H and O–H groups in total. The molecule has 2 aromatic heterocycles. The van der Waals surface area contributed by atoms with Gasteiger partial charge in [-0.1, -0.05) is 31.0 Å². The highest BCUT2D eigenvalue weighted by atomic mass is 32.1. The molecule has 0 radical (unpaired) electrons. The van der Waals surface area contributed by atoms with E-state index in [2.05, 4.69) is 10.3 Å². The fraction of sp³-hybridized carbons (Fsp3) is 0.370. The van der Waals surface area contributed by atoms with Gasteiger partial charge in [0.1, 0.15) is 6.04 Å². The van der Waals surface area contributed by atoms with Crippen LogP contribution in [0.2, 0.25) is 0 Å². The number of ether oxygens (including phenoxy) is 2. The molecule has 1 saturated carbocycles. The van der Waals surface area contributed by atoms with Crippen LogP contribution in [0.3, 0.4) is 0 Å². The first kappa shape index (κ1) is 24.7. The van der Waals surface area contributed by atoms with Gasteiger partial charge in [0.15, 0.2) is 11.5 Å². The van der Waals surface area contributed by atoms with E-state index < -0.39 is 6.04 Å². The van der Waals surface area contributed by atoms with Crippen molar-refractivity contribution in [2.45, 2.75) is 50.7 Å². The Kier molecular flexibility index (Phi) is 8.36. The van der Waals surface area contributed by atoms with Crippen LogP contribution in [0.25, 0.3) is 0 Å². The lowest BCUT2D eigenvalue weighted by molar-refractivity contribution is -0.141. The molecular weight excluding hydrogens is 462 g/mol. The van der Waals surface area contributed by atoms with E-state index in [-0.39, 0.29) is 30.8 Å². The quantitative estimate of drug-likeness (QED) is 0.449. The standard InChI is InChI=1S/C27H31N3O4S/c1-33-23-12-11-20(15-24(23)34-2)26(27(32)29-21-8-3-4-9-21)30(18-19-7-5-13-28-17-19)25(31)16-22-10-6-14-35-22/h5-7,10-15,17,21,26H,3-4,8-9,16,18H2,1-2H3,(H,29,32). The van der Waals surface area contributed by atoms with Crippen LogP contribution in [-0.2, 0) is 22.6 Å². The lowest BCUT2D eigenvalue weighted by Gasteiger charge is -2.32. The molecule has 1 fully saturated rings. The largest absolute Gasteiger partial charge is 0.493 e. The monoisotopic (exact) mass is 493 g/mol. The Balaban J connectivity index is 1.74. The van der Waals surface area contributed by atoms with Gasteiger partial charge in [0.2, 0.25) is 11.8 Å². The lowest BCUT2D eigenvalue weighted by atomic mass is 10.0. The Morgan fingerprint density at radius 1 is 1.11 bits per heavy atom. The third-order valence-electron chi connectivity index (χ3n) is 6.29. The van der Waals surface area contributed by atoms with Gasteiger partial charge >= 0.3 is 0 Å². The summed E-state index contributed by atoms with van der Waals surface area (Å²) >= 11 is 1.53. The maximum absolute atomic E-state index is 13.8. The van der Waals surface area contributed by atoms with Crippen molar-refractivity contribution < 1.29 is 19.1 Å². The van der Waals surface area contributed by atoms with E-state index in [0.717, 1.165) is 36.1 Å². The van der Waals surface area contributed by atoms with Crippen molar-refractivity contribution in [3.63, 3.8) is 0 Å². The first-order chi connectivity index (χ1) is 17.1. The molecule has 0 aliphatic heterocycles. The van der Waals surface area contributed by atoms with Gasteiger partial charge in [-0.05, 0) is 53.6 Å². The second-order valence-electron chi connectivity index (χ2n) is 8.65. The zero-order chi connectivity index (χ0) is 24.6. The van der Waals surface area contributed by atoms with Crippen molar-refractivity contribution in [2.75, 3.05) is 14.2 Å². The zero-order valence-corrected chi connectivity index (χ0v) is 20.9. The van der Waals surface area contributed by atoms with Crippen LogP contribution in [0, 0.1) is 0 Å². The molecule has 0 spiro atoms. The average Bonchev–Trinajstić information content (AvgIpc) is 3.58. The van der Waals surface area contributed by atoms with E-state index in [1.54, 1.807) is 43.6 Å². The SMILES string of the molecule is COc1ccc(C(C(=O)NC2CCCC2)N(Cc2cccnc2)C(=O)Cc2cccs2)cc1OC. The molecule has 184 valence electrons. The number of carbonyl (C=O) groups excluding carboxylic acids is 2. The Labute approximate surface area is 210 Å². The normalized spacial score (nSPS) is 14.3. The number of hydrogen-bond donors (Lipinski definition) is 1. The van der Waals surface area contributed by atoms with Crippen LogP contribution in [0.4, 0.5) is 0 Å². The Morgan fingerprint density at radius 2 is 1.91 bits per heavy atom. The number of hydrogen-bond acceptors (Lipinski definition) is 6. The number of amides is 2. The third kappa shape index (κ3) is 6.19. The maximum atomic E-state index is 13.8. The number of rotatable bonds is 10. The van der Waals surface area contributed by atoms with Gasteiger partial charge in [0, 0.05) is 29.9 Å². The molecule has 0 bridgehead atoms. The maximum Gasteiger partial charge on any atom is 0.247 e. The van der Waals surface area contributed by atoms with Crippen LogP contribution < -0.4 is 14.8 Å². The fourth-order valence-electron chi connectivity index (χ4n) is 4.52. The summed E-state index contributed by atoms with van der Waals surface area (Å²) in [7, 11) is 3.13. The molecule has 1 unspecified atom stereocenters. The third-order valence-corrected chi connectivity index (χ3v) is 7.16. The highest BCUT2D eigenvalue weighted by Gasteiger charge is 2.34. The minimum Gasteiger partial charge on any atom is -0.493 e. The predicted molar refractivity (Wildman–Crippen MR) is 135 cm³/mol. The molecule has 7 nitrogen and oxygen atoms in total. The van der Waals surface area contributed by atoms with E-state index in [1.807, 2.05) is 35.7 Å². The molecule has 1 aromatic carbocycles. The van der Waals surface area contributed by atoms with Gasteiger partial charge in [0.05, 0.1) is 20.6 Å². The number of nitrogens with one attached hydrogen (secondary N) is 1. The zero-order valence-electron chi connectivity index (χ0n) is 20.1. The van der Waals surface area contributed by atoms with E-state index in [0.29, 0.717) is 17.1 Å². The Bertz CT molecular complexity index is 1110. The van der Waals surface area contributed by atoms with E-state index >= 15 is 0 Å². The first-order valence-corrected chi connectivity index (χ1v) is 12.7. The van der Waals surface area contributed by atoms with Crippen molar-refractivity contribution in [2.24, 2.45) is 0 Å². The van der Waals surface area contributed by atoms with Gasteiger partial charge in [-0.2, -0.15) is 0 Å². The van der Waals surface area contributed by atoms with Crippen LogP contribution in [0.15, 0.2) is 60.2 Å².